The van der Waals surface area contributed by atoms with Gasteiger partial charge in [0.05, 0.1) is 4.75 Å². The molecule has 2 unspecified atom stereocenters. The monoisotopic (exact) mass is 330 g/mol. The Morgan fingerprint density at radius 3 is 2.05 bits per heavy atom. The number of amides is 2. The molecule has 0 aromatic heterocycles. The zero-order valence-electron chi connectivity index (χ0n) is 14.1. The van der Waals surface area contributed by atoms with Crippen molar-refractivity contribution in [1.82, 2.24) is 10.2 Å². The summed E-state index contributed by atoms with van der Waals surface area (Å²) in [5.41, 5.74) is 0. The topological polar surface area (TPSA) is 66.5 Å². The van der Waals surface area contributed by atoms with Crippen molar-refractivity contribution in [2.45, 2.75) is 57.1 Å². The molecule has 22 heavy (non-hydrogen) atoms. The first-order valence-electron chi connectivity index (χ1n) is 8.55. The van der Waals surface area contributed by atoms with Gasteiger partial charge in [-0.05, 0) is 37.5 Å². The van der Waals surface area contributed by atoms with Crippen LogP contribution in [0.1, 0.15) is 52.4 Å². The summed E-state index contributed by atoms with van der Waals surface area (Å²) in [6.07, 6.45) is 7.33. The molecule has 2 rings (SSSR count). The molecule has 1 saturated carbocycles. The summed E-state index contributed by atoms with van der Waals surface area (Å²) in [5, 5.41) is 2.89. The maximum Gasteiger partial charge on any atom is 0.317 e. The minimum absolute atomic E-state index is 0.0932. The van der Waals surface area contributed by atoms with Gasteiger partial charge in [-0.25, -0.2) is 13.2 Å². The van der Waals surface area contributed by atoms with Gasteiger partial charge in [0.15, 0.2) is 9.84 Å². The number of carbonyl (C=O) groups is 1. The fourth-order valence-electron chi connectivity index (χ4n) is 4.08. The highest BCUT2D eigenvalue weighted by molar-refractivity contribution is 7.92. The van der Waals surface area contributed by atoms with E-state index >= 15 is 0 Å². The van der Waals surface area contributed by atoms with Crippen molar-refractivity contribution >= 4 is 15.9 Å². The quantitative estimate of drug-likeness (QED) is 0.842. The third kappa shape index (κ3) is 3.42. The maximum atomic E-state index is 12.4. The Morgan fingerprint density at radius 1 is 1.14 bits per heavy atom. The van der Waals surface area contributed by atoms with Crippen molar-refractivity contribution in [2.75, 3.05) is 25.9 Å². The van der Waals surface area contributed by atoms with Crippen molar-refractivity contribution < 1.29 is 13.2 Å². The first-order valence-corrected chi connectivity index (χ1v) is 10.4. The minimum atomic E-state index is -3.20. The number of nitrogens with zero attached hydrogens (tertiary/aromatic N) is 1. The van der Waals surface area contributed by atoms with Crippen LogP contribution in [0, 0.1) is 11.8 Å². The van der Waals surface area contributed by atoms with Crippen LogP contribution in [0.3, 0.4) is 0 Å². The smallest absolute Gasteiger partial charge is 0.317 e. The number of likely N-dealkylation sites (tertiary alicyclic amines) is 1. The van der Waals surface area contributed by atoms with Crippen LogP contribution in [0.15, 0.2) is 0 Å². The average Bonchev–Trinajstić information content (AvgIpc) is 2.91. The van der Waals surface area contributed by atoms with Gasteiger partial charge in [-0.2, -0.15) is 0 Å². The number of hydrogen-bond donors (Lipinski definition) is 1. The highest BCUT2D eigenvalue weighted by Crippen LogP contribution is 2.36. The summed E-state index contributed by atoms with van der Waals surface area (Å²) in [6, 6.07) is -0.0932. The second kappa shape index (κ2) is 6.77. The lowest BCUT2D eigenvalue weighted by molar-refractivity contribution is 0.204. The van der Waals surface area contributed by atoms with Crippen LogP contribution >= 0.6 is 0 Å². The molecule has 0 aromatic rings. The van der Waals surface area contributed by atoms with Gasteiger partial charge in [0.2, 0.25) is 0 Å². The largest absolute Gasteiger partial charge is 0.336 e. The van der Waals surface area contributed by atoms with E-state index < -0.39 is 14.6 Å². The van der Waals surface area contributed by atoms with Gasteiger partial charge in [0.25, 0.3) is 0 Å². The predicted molar refractivity (Wildman–Crippen MR) is 88.6 cm³/mol. The van der Waals surface area contributed by atoms with Gasteiger partial charge in [-0.15, -0.1) is 0 Å². The Morgan fingerprint density at radius 2 is 1.64 bits per heavy atom. The first-order chi connectivity index (χ1) is 10.3. The number of hydrogen-bond acceptors (Lipinski definition) is 3. The molecule has 1 heterocycles. The third-order valence-electron chi connectivity index (χ3n) is 5.90. The van der Waals surface area contributed by atoms with Crippen LogP contribution < -0.4 is 5.32 Å². The number of carbonyl (C=O) groups excluding carboxylic acids is 1. The Hall–Kier alpha value is -0.780. The molecular formula is C16H30N2O3S. The second-order valence-corrected chi connectivity index (χ2v) is 9.44. The molecular weight excluding hydrogens is 300 g/mol. The molecule has 1 aliphatic carbocycles. The lowest BCUT2D eigenvalue weighted by Gasteiger charge is -2.30. The Bertz CT molecular complexity index is 486. The van der Waals surface area contributed by atoms with Crippen LogP contribution in [-0.4, -0.2) is 50.0 Å². The lowest BCUT2D eigenvalue weighted by Crippen LogP contribution is -2.50. The fourth-order valence-corrected chi connectivity index (χ4v) is 5.46. The van der Waals surface area contributed by atoms with Crippen LogP contribution in [0.2, 0.25) is 0 Å². The standard InChI is InChI=1S/C16H30N2O3S/c1-4-16(5-2,22(3,20)21)12-17-15(19)18-10-13-8-6-7-9-14(13)11-18/h13-14H,4-12H2,1-3H3,(H,17,19). The molecule has 6 heteroatoms. The van der Waals surface area contributed by atoms with Gasteiger partial charge in [0.1, 0.15) is 0 Å². The summed E-state index contributed by atoms with van der Waals surface area (Å²) in [4.78, 5) is 14.3. The lowest BCUT2D eigenvalue weighted by atomic mass is 9.82. The van der Waals surface area contributed by atoms with Crippen LogP contribution in [0.5, 0.6) is 0 Å². The van der Waals surface area contributed by atoms with E-state index in [1.165, 1.54) is 31.9 Å². The summed E-state index contributed by atoms with van der Waals surface area (Å²) in [5.74, 6) is 1.30. The van der Waals surface area contributed by atoms with Crippen molar-refractivity contribution in [2.24, 2.45) is 11.8 Å². The van der Waals surface area contributed by atoms with Gasteiger partial charge in [-0.1, -0.05) is 26.7 Å². The zero-order chi connectivity index (χ0) is 16.4. The second-order valence-electron chi connectivity index (χ2n) is 7.03. The highest BCUT2D eigenvalue weighted by atomic mass is 32.2. The Balaban J connectivity index is 1.95. The van der Waals surface area contributed by atoms with Crippen LogP contribution in [-0.2, 0) is 9.84 Å². The molecule has 1 N–H and O–H groups in total. The predicted octanol–water partition coefficient (Wildman–Crippen LogP) is 2.42. The summed E-state index contributed by atoms with van der Waals surface area (Å²) >= 11 is 0. The summed E-state index contributed by atoms with van der Waals surface area (Å²) in [7, 11) is -3.20. The number of sulfone groups is 1. The Kier molecular flexibility index (Phi) is 5.41. The maximum absolute atomic E-state index is 12.4. The van der Waals surface area contributed by atoms with Gasteiger partial charge >= 0.3 is 6.03 Å². The van der Waals surface area contributed by atoms with E-state index in [0.29, 0.717) is 24.7 Å². The van der Waals surface area contributed by atoms with E-state index in [4.69, 9.17) is 0 Å². The SMILES string of the molecule is CCC(CC)(CNC(=O)N1CC2CCCCC2C1)S(C)(=O)=O. The Labute approximate surface area is 134 Å². The summed E-state index contributed by atoms with van der Waals surface area (Å²) in [6.45, 7) is 5.63. The number of rotatable bonds is 5. The van der Waals surface area contributed by atoms with Gasteiger partial charge in [-0.3, -0.25) is 0 Å². The summed E-state index contributed by atoms with van der Waals surface area (Å²) < 4.78 is 23.3. The van der Waals surface area contributed by atoms with E-state index in [2.05, 4.69) is 5.32 Å². The van der Waals surface area contributed by atoms with E-state index in [-0.39, 0.29) is 12.6 Å². The molecule has 1 saturated heterocycles. The molecule has 0 radical (unpaired) electrons. The number of fused-ring (bicyclic) bond motifs is 1. The average molecular weight is 330 g/mol. The molecule has 0 aromatic carbocycles. The van der Waals surface area contributed by atoms with Crippen molar-refractivity contribution in [3.8, 4) is 0 Å². The molecule has 2 aliphatic rings. The van der Waals surface area contributed by atoms with Crippen molar-refractivity contribution in [3.63, 3.8) is 0 Å². The zero-order valence-corrected chi connectivity index (χ0v) is 14.9. The number of urea groups is 1. The van der Waals surface area contributed by atoms with Crippen LogP contribution in [0.25, 0.3) is 0 Å². The third-order valence-corrected chi connectivity index (χ3v) is 8.20. The van der Waals surface area contributed by atoms with E-state index in [1.807, 2.05) is 18.7 Å². The fraction of sp³-hybridized carbons (Fsp3) is 0.938. The molecule has 128 valence electrons. The minimum Gasteiger partial charge on any atom is -0.336 e. The van der Waals surface area contributed by atoms with E-state index in [0.717, 1.165) is 13.1 Å². The molecule has 5 nitrogen and oxygen atoms in total. The highest BCUT2D eigenvalue weighted by Gasteiger charge is 2.40. The molecule has 2 atom stereocenters. The molecule has 2 fully saturated rings. The van der Waals surface area contributed by atoms with E-state index in [9.17, 15) is 13.2 Å². The number of nitrogens with one attached hydrogen (secondary N) is 1. The molecule has 2 amide bonds. The van der Waals surface area contributed by atoms with Crippen molar-refractivity contribution in [1.29, 1.82) is 0 Å². The molecule has 1 aliphatic heterocycles. The first kappa shape index (κ1) is 17.6. The van der Waals surface area contributed by atoms with Gasteiger partial charge < -0.3 is 10.2 Å². The van der Waals surface area contributed by atoms with Crippen LogP contribution in [0.4, 0.5) is 4.79 Å². The molecule has 0 spiro atoms. The van der Waals surface area contributed by atoms with E-state index in [1.54, 1.807) is 0 Å². The van der Waals surface area contributed by atoms with Gasteiger partial charge in [0, 0.05) is 25.9 Å². The normalized spacial score (nSPS) is 25.9. The molecule has 0 bridgehead atoms. The van der Waals surface area contributed by atoms with Crippen molar-refractivity contribution in [3.05, 3.63) is 0 Å².